The standard InChI is InChI=1S/C22H26Cl2N2O2S/c1-3-20(22(28)25-2)26(15-16-6-8-17(23)9-7-16)21(27)5-4-14-29-19-12-10-18(24)11-13-19/h6-13,20H,3-5,14-15H2,1-2H3,(H,25,28). The van der Waals surface area contributed by atoms with E-state index in [9.17, 15) is 9.59 Å². The molecule has 1 unspecified atom stereocenters. The topological polar surface area (TPSA) is 49.4 Å². The lowest BCUT2D eigenvalue weighted by Crippen LogP contribution is -2.48. The van der Waals surface area contributed by atoms with Gasteiger partial charge in [-0.1, -0.05) is 42.3 Å². The molecule has 4 nitrogen and oxygen atoms in total. The van der Waals surface area contributed by atoms with Crippen molar-refractivity contribution in [1.29, 1.82) is 0 Å². The summed E-state index contributed by atoms with van der Waals surface area (Å²) in [6.45, 7) is 2.30. The largest absolute Gasteiger partial charge is 0.357 e. The van der Waals surface area contributed by atoms with E-state index in [1.807, 2.05) is 43.3 Å². The van der Waals surface area contributed by atoms with Gasteiger partial charge in [0, 0.05) is 35.0 Å². The van der Waals surface area contributed by atoms with E-state index in [1.165, 1.54) is 0 Å². The van der Waals surface area contributed by atoms with Crippen molar-refractivity contribution in [2.45, 2.75) is 43.7 Å². The van der Waals surface area contributed by atoms with E-state index in [0.29, 0.717) is 29.4 Å². The molecule has 2 aromatic carbocycles. The molecule has 1 N–H and O–H groups in total. The maximum atomic E-state index is 13.0. The van der Waals surface area contributed by atoms with Crippen LogP contribution < -0.4 is 5.32 Å². The Kier molecular flexibility index (Phi) is 9.85. The van der Waals surface area contributed by atoms with Crippen LogP contribution >= 0.6 is 35.0 Å². The molecule has 0 spiro atoms. The molecule has 29 heavy (non-hydrogen) atoms. The molecule has 0 fully saturated rings. The molecular weight excluding hydrogens is 427 g/mol. The highest BCUT2D eigenvalue weighted by atomic mass is 35.5. The van der Waals surface area contributed by atoms with Crippen LogP contribution in [0.4, 0.5) is 0 Å². The number of carbonyl (C=O) groups excluding carboxylic acids is 2. The minimum atomic E-state index is -0.493. The Morgan fingerprint density at radius 2 is 1.62 bits per heavy atom. The summed E-state index contributed by atoms with van der Waals surface area (Å²) in [7, 11) is 1.60. The molecule has 0 saturated carbocycles. The van der Waals surface area contributed by atoms with Gasteiger partial charge in [-0.2, -0.15) is 0 Å². The Bertz CT molecular complexity index is 797. The number of amides is 2. The fourth-order valence-electron chi connectivity index (χ4n) is 2.96. The maximum absolute atomic E-state index is 13.0. The first kappa shape index (κ1) is 23.6. The summed E-state index contributed by atoms with van der Waals surface area (Å²) in [5.41, 5.74) is 0.945. The summed E-state index contributed by atoms with van der Waals surface area (Å²) < 4.78 is 0. The zero-order valence-electron chi connectivity index (χ0n) is 16.7. The molecule has 0 heterocycles. The molecule has 156 valence electrons. The second-order valence-electron chi connectivity index (χ2n) is 6.59. The van der Waals surface area contributed by atoms with E-state index in [1.54, 1.807) is 35.8 Å². The minimum absolute atomic E-state index is 0.0212. The number of thioether (sulfide) groups is 1. The molecular formula is C22H26Cl2N2O2S. The van der Waals surface area contributed by atoms with E-state index < -0.39 is 6.04 Å². The van der Waals surface area contributed by atoms with Gasteiger partial charge in [-0.3, -0.25) is 9.59 Å². The Labute approximate surface area is 187 Å². The Balaban J connectivity index is 1.99. The van der Waals surface area contributed by atoms with Crippen molar-refractivity contribution < 1.29 is 9.59 Å². The van der Waals surface area contributed by atoms with Gasteiger partial charge in [-0.25, -0.2) is 0 Å². The number of hydrogen-bond acceptors (Lipinski definition) is 3. The van der Waals surface area contributed by atoms with E-state index in [4.69, 9.17) is 23.2 Å². The quantitative estimate of drug-likeness (QED) is 0.386. The summed E-state index contributed by atoms with van der Waals surface area (Å²) in [4.78, 5) is 28.1. The lowest BCUT2D eigenvalue weighted by molar-refractivity contribution is -0.141. The first-order valence-corrected chi connectivity index (χ1v) is 11.3. The van der Waals surface area contributed by atoms with Gasteiger partial charge in [0.15, 0.2) is 0 Å². The zero-order chi connectivity index (χ0) is 21.2. The predicted octanol–water partition coefficient (Wildman–Crippen LogP) is 5.42. The lowest BCUT2D eigenvalue weighted by atomic mass is 10.1. The third kappa shape index (κ3) is 7.57. The van der Waals surface area contributed by atoms with Gasteiger partial charge in [-0.15, -0.1) is 11.8 Å². The second kappa shape index (κ2) is 12.1. The van der Waals surface area contributed by atoms with Crippen molar-refractivity contribution >= 4 is 46.8 Å². The van der Waals surface area contributed by atoms with Gasteiger partial charge >= 0.3 is 0 Å². The molecule has 0 aliphatic rings. The zero-order valence-corrected chi connectivity index (χ0v) is 19.0. The smallest absolute Gasteiger partial charge is 0.242 e. The molecule has 0 aromatic heterocycles. The monoisotopic (exact) mass is 452 g/mol. The number of rotatable bonds is 10. The van der Waals surface area contributed by atoms with Gasteiger partial charge in [0.2, 0.25) is 11.8 Å². The van der Waals surface area contributed by atoms with E-state index in [2.05, 4.69) is 5.32 Å². The van der Waals surface area contributed by atoms with Crippen molar-refractivity contribution in [3.05, 3.63) is 64.1 Å². The number of likely N-dealkylation sites (N-methyl/N-ethyl adjacent to an activating group) is 1. The van der Waals surface area contributed by atoms with Crippen LogP contribution in [0.1, 0.15) is 31.7 Å². The lowest BCUT2D eigenvalue weighted by Gasteiger charge is -2.30. The molecule has 0 radical (unpaired) electrons. The van der Waals surface area contributed by atoms with Crippen LogP contribution in [0.15, 0.2) is 53.4 Å². The average molecular weight is 453 g/mol. The molecule has 0 bridgehead atoms. The van der Waals surface area contributed by atoms with Crippen LogP contribution in [-0.2, 0) is 16.1 Å². The number of benzene rings is 2. The number of halogens is 2. The highest BCUT2D eigenvalue weighted by molar-refractivity contribution is 7.99. The van der Waals surface area contributed by atoms with Crippen LogP contribution in [0.25, 0.3) is 0 Å². The first-order valence-electron chi connectivity index (χ1n) is 9.58. The van der Waals surface area contributed by atoms with E-state index in [-0.39, 0.29) is 11.8 Å². The summed E-state index contributed by atoms with van der Waals surface area (Å²) in [5.74, 6) is 0.649. The Morgan fingerprint density at radius 3 is 2.17 bits per heavy atom. The third-order valence-electron chi connectivity index (χ3n) is 4.52. The van der Waals surface area contributed by atoms with Gasteiger partial charge < -0.3 is 10.2 Å². The van der Waals surface area contributed by atoms with Gasteiger partial charge in [-0.05, 0) is 60.6 Å². The molecule has 0 saturated heterocycles. The SMILES string of the molecule is CCC(C(=O)NC)N(Cc1ccc(Cl)cc1)C(=O)CCCSc1ccc(Cl)cc1. The van der Waals surface area contributed by atoms with Crippen molar-refractivity contribution in [3.8, 4) is 0 Å². The van der Waals surface area contributed by atoms with Crippen LogP contribution in [0.2, 0.25) is 10.0 Å². The number of carbonyl (C=O) groups is 2. The van der Waals surface area contributed by atoms with E-state index in [0.717, 1.165) is 22.6 Å². The molecule has 7 heteroatoms. The summed E-state index contributed by atoms with van der Waals surface area (Å²) >= 11 is 13.6. The maximum Gasteiger partial charge on any atom is 0.242 e. The second-order valence-corrected chi connectivity index (χ2v) is 8.63. The number of nitrogens with zero attached hydrogens (tertiary/aromatic N) is 1. The summed E-state index contributed by atoms with van der Waals surface area (Å²) in [5, 5.41) is 4.02. The van der Waals surface area contributed by atoms with Crippen molar-refractivity contribution in [1.82, 2.24) is 10.2 Å². The fraction of sp³-hybridized carbons (Fsp3) is 0.364. The van der Waals surface area contributed by atoms with Crippen molar-refractivity contribution in [2.75, 3.05) is 12.8 Å². The van der Waals surface area contributed by atoms with Crippen LogP contribution in [0.3, 0.4) is 0 Å². The first-order chi connectivity index (χ1) is 13.9. The normalized spacial score (nSPS) is 11.7. The van der Waals surface area contributed by atoms with Crippen LogP contribution in [-0.4, -0.2) is 35.6 Å². The molecule has 2 rings (SSSR count). The average Bonchev–Trinajstić information content (AvgIpc) is 2.73. The summed E-state index contributed by atoms with van der Waals surface area (Å²) in [6, 6.07) is 14.5. The van der Waals surface area contributed by atoms with Gasteiger partial charge in [0.25, 0.3) is 0 Å². The van der Waals surface area contributed by atoms with Crippen molar-refractivity contribution in [3.63, 3.8) is 0 Å². The molecule has 0 aliphatic heterocycles. The molecule has 2 amide bonds. The van der Waals surface area contributed by atoms with Gasteiger partial charge in [0.05, 0.1) is 0 Å². The molecule has 2 aromatic rings. The molecule has 1 atom stereocenters. The summed E-state index contributed by atoms with van der Waals surface area (Å²) in [6.07, 6.45) is 1.67. The molecule has 0 aliphatic carbocycles. The highest BCUT2D eigenvalue weighted by Crippen LogP contribution is 2.22. The van der Waals surface area contributed by atoms with Crippen LogP contribution in [0, 0.1) is 0 Å². The van der Waals surface area contributed by atoms with Crippen LogP contribution in [0.5, 0.6) is 0 Å². The fourth-order valence-corrected chi connectivity index (χ4v) is 4.07. The minimum Gasteiger partial charge on any atom is -0.357 e. The number of hydrogen-bond donors (Lipinski definition) is 1. The Hall–Kier alpha value is -1.69. The highest BCUT2D eigenvalue weighted by Gasteiger charge is 2.27. The Morgan fingerprint density at radius 1 is 1.03 bits per heavy atom. The van der Waals surface area contributed by atoms with Crippen molar-refractivity contribution in [2.24, 2.45) is 0 Å². The van der Waals surface area contributed by atoms with Gasteiger partial charge in [0.1, 0.15) is 6.04 Å². The third-order valence-corrected chi connectivity index (χ3v) is 6.12. The van der Waals surface area contributed by atoms with E-state index >= 15 is 0 Å². The number of nitrogens with one attached hydrogen (secondary N) is 1. The predicted molar refractivity (Wildman–Crippen MR) is 122 cm³/mol.